The van der Waals surface area contributed by atoms with Crippen molar-refractivity contribution in [1.82, 2.24) is 4.98 Å². The van der Waals surface area contributed by atoms with Gasteiger partial charge in [0.15, 0.2) is 5.69 Å². The van der Waals surface area contributed by atoms with E-state index in [0.717, 1.165) is 12.1 Å². The second kappa shape index (κ2) is 5.32. The minimum absolute atomic E-state index is 0.0191. The number of rotatable bonds is 2. The molecule has 0 fully saturated rings. The van der Waals surface area contributed by atoms with Crippen molar-refractivity contribution in [2.75, 3.05) is 7.11 Å². The highest BCUT2D eigenvalue weighted by Crippen LogP contribution is 2.32. The van der Waals surface area contributed by atoms with Gasteiger partial charge in [0, 0.05) is 11.8 Å². The van der Waals surface area contributed by atoms with Crippen LogP contribution in [0.4, 0.5) is 13.2 Å². The lowest BCUT2D eigenvalue weighted by Crippen LogP contribution is -2.07. The van der Waals surface area contributed by atoms with E-state index < -0.39 is 17.7 Å². The number of carbonyl (C=O) groups is 1. The lowest BCUT2D eigenvalue weighted by atomic mass is 10.0. The predicted molar refractivity (Wildman–Crippen MR) is 66.0 cm³/mol. The Morgan fingerprint density at radius 2 is 1.95 bits per heavy atom. The van der Waals surface area contributed by atoms with E-state index in [4.69, 9.17) is 0 Å². The molecule has 1 heterocycles. The maximum atomic E-state index is 12.7. The number of aromatic nitrogens is 1. The molecular formula is C14H10F3NO2. The molecule has 3 nitrogen and oxygen atoms in total. The molecule has 0 aliphatic carbocycles. The van der Waals surface area contributed by atoms with Crippen LogP contribution >= 0.6 is 0 Å². The van der Waals surface area contributed by atoms with Gasteiger partial charge in [-0.3, -0.25) is 0 Å². The minimum Gasteiger partial charge on any atom is -0.464 e. The van der Waals surface area contributed by atoms with Crippen molar-refractivity contribution in [1.29, 1.82) is 0 Å². The Morgan fingerprint density at radius 1 is 1.20 bits per heavy atom. The predicted octanol–water partition coefficient (Wildman–Crippen LogP) is 3.55. The summed E-state index contributed by atoms with van der Waals surface area (Å²) < 4.78 is 42.7. The van der Waals surface area contributed by atoms with Crippen LogP contribution in [0.3, 0.4) is 0 Å². The van der Waals surface area contributed by atoms with Crippen LogP contribution < -0.4 is 0 Å². The van der Waals surface area contributed by atoms with Gasteiger partial charge in [0.2, 0.25) is 0 Å². The van der Waals surface area contributed by atoms with Gasteiger partial charge in [0.05, 0.1) is 12.7 Å². The smallest absolute Gasteiger partial charge is 0.416 e. The molecule has 0 spiro atoms. The summed E-state index contributed by atoms with van der Waals surface area (Å²) in [6.45, 7) is 0. The van der Waals surface area contributed by atoms with Crippen LogP contribution in [0.15, 0.2) is 42.6 Å². The molecule has 0 radical (unpaired) electrons. The zero-order valence-electron chi connectivity index (χ0n) is 10.4. The fraction of sp³-hybridized carbons (Fsp3) is 0.143. The summed E-state index contributed by atoms with van der Waals surface area (Å²) in [5.74, 6) is -0.696. The molecule has 1 aromatic heterocycles. The van der Waals surface area contributed by atoms with Gasteiger partial charge in [0.1, 0.15) is 0 Å². The highest BCUT2D eigenvalue weighted by molar-refractivity contribution is 5.95. The van der Waals surface area contributed by atoms with Gasteiger partial charge in [-0.15, -0.1) is 0 Å². The molecule has 0 aliphatic heterocycles. The first-order valence-corrected chi connectivity index (χ1v) is 5.64. The Balaban J connectivity index is 2.55. The molecule has 6 heteroatoms. The Bertz CT molecular complexity index is 638. The summed E-state index contributed by atoms with van der Waals surface area (Å²) in [7, 11) is 1.19. The Labute approximate surface area is 113 Å². The van der Waals surface area contributed by atoms with Crippen LogP contribution in [-0.2, 0) is 10.9 Å². The molecular weight excluding hydrogens is 271 g/mol. The second-order valence-electron chi connectivity index (χ2n) is 3.97. The zero-order valence-corrected chi connectivity index (χ0v) is 10.4. The summed E-state index contributed by atoms with van der Waals surface area (Å²) >= 11 is 0. The normalized spacial score (nSPS) is 11.2. The van der Waals surface area contributed by atoms with Crippen molar-refractivity contribution in [2.24, 2.45) is 0 Å². The van der Waals surface area contributed by atoms with Crippen molar-refractivity contribution in [3.63, 3.8) is 0 Å². The number of hydrogen-bond donors (Lipinski definition) is 0. The number of pyridine rings is 1. The van der Waals surface area contributed by atoms with E-state index in [-0.39, 0.29) is 11.3 Å². The van der Waals surface area contributed by atoms with Crippen LogP contribution in [0.1, 0.15) is 16.1 Å². The van der Waals surface area contributed by atoms with Crippen LogP contribution in [0.25, 0.3) is 11.1 Å². The lowest BCUT2D eigenvalue weighted by Gasteiger charge is -2.10. The van der Waals surface area contributed by atoms with Crippen molar-refractivity contribution in [2.45, 2.75) is 6.18 Å². The first-order chi connectivity index (χ1) is 9.43. The maximum Gasteiger partial charge on any atom is 0.416 e. The molecule has 0 unspecified atom stereocenters. The number of esters is 1. The molecule has 0 bridgehead atoms. The highest BCUT2D eigenvalue weighted by atomic mass is 19.4. The van der Waals surface area contributed by atoms with Crippen LogP contribution in [0.2, 0.25) is 0 Å². The SMILES string of the molecule is COC(=O)c1ncccc1-c1cccc(C(F)(F)F)c1. The van der Waals surface area contributed by atoms with E-state index in [1.807, 2.05) is 0 Å². The zero-order chi connectivity index (χ0) is 14.8. The van der Waals surface area contributed by atoms with Gasteiger partial charge in [-0.05, 0) is 23.8 Å². The quantitative estimate of drug-likeness (QED) is 0.790. The molecule has 0 saturated heterocycles. The van der Waals surface area contributed by atoms with Crippen molar-refractivity contribution >= 4 is 5.97 Å². The van der Waals surface area contributed by atoms with Crippen LogP contribution in [-0.4, -0.2) is 18.1 Å². The monoisotopic (exact) mass is 281 g/mol. The Morgan fingerprint density at radius 3 is 2.60 bits per heavy atom. The molecule has 0 N–H and O–H groups in total. The number of alkyl halides is 3. The van der Waals surface area contributed by atoms with E-state index in [1.54, 1.807) is 6.07 Å². The molecule has 2 rings (SSSR count). The van der Waals surface area contributed by atoms with E-state index in [2.05, 4.69) is 9.72 Å². The third-order valence-electron chi connectivity index (χ3n) is 2.69. The van der Waals surface area contributed by atoms with E-state index in [1.165, 1.54) is 31.5 Å². The molecule has 0 atom stereocenters. The van der Waals surface area contributed by atoms with Gasteiger partial charge < -0.3 is 4.74 Å². The number of ether oxygens (including phenoxy) is 1. The standard InChI is InChI=1S/C14H10F3NO2/c1-20-13(19)12-11(6-3-7-18-12)9-4-2-5-10(8-9)14(15,16)17/h2-8H,1H3. The second-order valence-corrected chi connectivity index (χ2v) is 3.97. The van der Waals surface area contributed by atoms with E-state index in [9.17, 15) is 18.0 Å². The number of hydrogen-bond acceptors (Lipinski definition) is 3. The van der Waals surface area contributed by atoms with Crippen molar-refractivity contribution in [3.8, 4) is 11.1 Å². The Hall–Kier alpha value is -2.37. The fourth-order valence-corrected chi connectivity index (χ4v) is 1.76. The number of halogens is 3. The minimum atomic E-state index is -4.44. The number of carbonyl (C=O) groups excluding carboxylic acids is 1. The fourth-order valence-electron chi connectivity index (χ4n) is 1.76. The van der Waals surface area contributed by atoms with E-state index in [0.29, 0.717) is 5.56 Å². The number of methoxy groups -OCH3 is 1. The molecule has 0 saturated carbocycles. The number of nitrogens with zero attached hydrogens (tertiary/aromatic N) is 1. The van der Waals surface area contributed by atoms with Gasteiger partial charge in [-0.1, -0.05) is 18.2 Å². The van der Waals surface area contributed by atoms with E-state index >= 15 is 0 Å². The molecule has 104 valence electrons. The molecule has 20 heavy (non-hydrogen) atoms. The van der Waals surface area contributed by atoms with Gasteiger partial charge >= 0.3 is 12.1 Å². The topological polar surface area (TPSA) is 39.2 Å². The first kappa shape index (κ1) is 14.0. The summed E-state index contributed by atoms with van der Waals surface area (Å²) in [6.07, 6.45) is -3.06. The van der Waals surface area contributed by atoms with Crippen molar-refractivity contribution in [3.05, 3.63) is 53.9 Å². The molecule has 2 aromatic rings. The maximum absolute atomic E-state index is 12.7. The average molecular weight is 281 g/mol. The third-order valence-corrected chi connectivity index (χ3v) is 2.69. The number of benzene rings is 1. The first-order valence-electron chi connectivity index (χ1n) is 5.64. The molecule has 0 aliphatic rings. The largest absolute Gasteiger partial charge is 0.464 e. The summed E-state index contributed by atoms with van der Waals surface area (Å²) in [6, 6.07) is 7.78. The van der Waals surface area contributed by atoms with Crippen molar-refractivity contribution < 1.29 is 22.7 Å². The summed E-state index contributed by atoms with van der Waals surface area (Å²) in [5.41, 5.74) is -0.247. The Kier molecular flexibility index (Phi) is 3.74. The third kappa shape index (κ3) is 2.79. The van der Waals surface area contributed by atoms with Gasteiger partial charge in [0.25, 0.3) is 0 Å². The lowest BCUT2D eigenvalue weighted by molar-refractivity contribution is -0.137. The highest BCUT2D eigenvalue weighted by Gasteiger charge is 2.30. The van der Waals surface area contributed by atoms with Gasteiger partial charge in [-0.25, -0.2) is 9.78 Å². The van der Waals surface area contributed by atoms with Crippen LogP contribution in [0.5, 0.6) is 0 Å². The molecule has 1 aromatic carbocycles. The average Bonchev–Trinajstić information content (AvgIpc) is 2.45. The summed E-state index contributed by atoms with van der Waals surface area (Å²) in [4.78, 5) is 15.4. The van der Waals surface area contributed by atoms with Gasteiger partial charge in [-0.2, -0.15) is 13.2 Å². The summed E-state index contributed by atoms with van der Waals surface area (Å²) in [5, 5.41) is 0. The van der Waals surface area contributed by atoms with Crippen LogP contribution in [0, 0.1) is 0 Å². The molecule has 0 amide bonds.